The van der Waals surface area contributed by atoms with E-state index < -0.39 is 0 Å². The Bertz CT molecular complexity index is 895. The smallest absolute Gasteiger partial charge is 0.202 e. The first kappa shape index (κ1) is 12.8. The van der Waals surface area contributed by atoms with Crippen molar-refractivity contribution in [3.63, 3.8) is 0 Å². The summed E-state index contributed by atoms with van der Waals surface area (Å²) in [7, 11) is 0. The molecular weight excluding hydrogens is 276 g/mol. The van der Waals surface area contributed by atoms with E-state index in [0.29, 0.717) is 12.4 Å². The van der Waals surface area contributed by atoms with E-state index in [1.54, 1.807) is 0 Å². The Kier molecular flexibility index (Phi) is 2.79. The minimum Gasteiger partial charge on any atom is -0.291 e. The summed E-state index contributed by atoms with van der Waals surface area (Å²) in [6.45, 7) is 2.07. The molecule has 0 fully saturated rings. The van der Waals surface area contributed by atoms with Crippen LogP contribution >= 0.6 is 0 Å². The van der Waals surface area contributed by atoms with Crippen LogP contribution in [0.4, 0.5) is 5.69 Å². The summed E-state index contributed by atoms with van der Waals surface area (Å²) in [5.41, 5.74) is 2.74. The molecule has 3 aromatic rings. The number of anilines is 1. The van der Waals surface area contributed by atoms with Crippen LogP contribution in [0.15, 0.2) is 59.7 Å². The summed E-state index contributed by atoms with van der Waals surface area (Å²) in [6, 6.07) is 17.6. The van der Waals surface area contributed by atoms with E-state index in [4.69, 9.17) is 0 Å². The van der Waals surface area contributed by atoms with E-state index in [-0.39, 0.29) is 5.78 Å². The zero-order valence-electron chi connectivity index (χ0n) is 12.1. The Balaban J connectivity index is 1.91. The standard InChI is InChI=1S/C17H14N4O/c1-12(22)17-19-20(13-7-3-2-4-8-13)11-16-18-14-9-5-6-10-15(14)21(16)17/h2-10H,11H2,1H3. The van der Waals surface area contributed by atoms with Crippen molar-refractivity contribution in [2.75, 3.05) is 5.01 Å². The molecule has 0 unspecified atom stereocenters. The zero-order valence-corrected chi connectivity index (χ0v) is 12.1. The number of aromatic nitrogens is 2. The van der Waals surface area contributed by atoms with Crippen molar-refractivity contribution in [3.05, 3.63) is 60.4 Å². The topological polar surface area (TPSA) is 50.5 Å². The number of hydrogen-bond acceptors (Lipinski definition) is 4. The molecule has 0 saturated carbocycles. The number of rotatable bonds is 2. The molecule has 2 heterocycles. The molecule has 4 rings (SSSR count). The first-order valence-corrected chi connectivity index (χ1v) is 7.13. The number of fused-ring (bicyclic) bond motifs is 3. The maximum Gasteiger partial charge on any atom is 0.202 e. The number of ketones is 1. The van der Waals surface area contributed by atoms with Crippen molar-refractivity contribution >= 4 is 28.3 Å². The fourth-order valence-corrected chi connectivity index (χ4v) is 2.72. The van der Waals surface area contributed by atoms with Gasteiger partial charge in [-0.1, -0.05) is 30.3 Å². The van der Waals surface area contributed by atoms with Gasteiger partial charge in [0.2, 0.25) is 5.84 Å². The van der Waals surface area contributed by atoms with Crippen LogP contribution in [-0.4, -0.2) is 21.2 Å². The molecule has 0 atom stereocenters. The minimum atomic E-state index is -0.0787. The molecule has 1 aromatic heterocycles. The quantitative estimate of drug-likeness (QED) is 0.729. The summed E-state index contributed by atoms with van der Waals surface area (Å²) < 4.78 is 1.86. The number of carbonyl (C=O) groups excluding carboxylic acids is 1. The summed E-state index contributed by atoms with van der Waals surface area (Å²) in [6.07, 6.45) is 0. The Morgan fingerprint density at radius 3 is 2.55 bits per heavy atom. The fraction of sp³-hybridized carbons (Fsp3) is 0.118. The Morgan fingerprint density at radius 2 is 1.77 bits per heavy atom. The number of Topliss-reactive ketones (excluding diaryl/α,β-unsaturated/α-hetero) is 1. The summed E-state index contributed by atoms with van der Waals surface area (Å²) >= 11 is 0. The van der Waals surface area contributed by atoms with Crippen molar-refractivity contribution in [1.29, 1.82) is 0 Å². The summed E-state index contributed by atoms with van der Waals surface area (Å²) in [5, 5.41) is 6.36. The number of imidazole rings is 1. The van der Waals surface area contributed by atoms with E-state index in [0.717, 1.165) is 22.5 Å². The van der Waals surface area contributed by atoms with E-state index in [9.17, 15) is 4.79 Å². The third-order valence-corrected chi connectivity index (χ3v) is 3.72. The first-order chi connectivity index (χ1) is 10.7. The van der Waals surface area contributed by atoms with Gasteiger partial charge < -0.3 is 0 Å². The molecule has 0 N–H and O–H groups in total. The van der Waals surface area contributed by atoms with Crippen LogP contribution in [0, 0.1) is 0 Å². The predicted octanol–water partition coefficient (Wildman–Crippen LogP) is 2.81. The molecule has 1 aliphatic heterocycles. The highest BCUT2D eigenvalue weighted by Gasteiger charge is 2.25. The van der Waals surface area contributed by atoms with Crippen LogP contribution in [0.1, 0.15) is 12.7 Å². The van der Waals surface area contributed by atoms with Gasteiger partial charge >= 0.3 is 0 Å². The van der Waals surface area contributed by atoms with Gasteiger partial charge in [0.05, 0.1) is 16.7 Å². The lowest BCUT2D eigenvalue weighted by molar-refractivity contribution is -0.111. The van der Waals surface area contributed by atoms with Gasteiger partial charge in [-0.3, -0.25) is 14.4 Å². The molecule has 0 spiro atoms. The van der Waals surface area contributed by atoms with E-state index in [1.807, 2.05) is 64.2 Å². The van der Waals surface area contributed by atoms with Crippen molar-refractivity contribution in [2.45, 2.75) is 13.5 Å². The van der Waals surface area contributed by atoms with Crippen molar-refractivity contribution in [2.24, 2.45) is 5.10 Å². The third kappa shape index (κ3) is 1.90. The molecule has 2 aromatic carbocycles. The second kappa shape index (κ2) is 4.80. The molecule has 22 heavy (non-hydrogen) atoms. The highest BCUT2D eigenvalue weighted by atomic mass is 16.1. The Morgan fingerprint density at radius 1 is 1.05 bits per heavy atom. The lowest BCUT2D eigenvalue weighted by atomic mass is 10.3. The summed E-state index contributed by atoms with van der Waals surface area (Å²) in [4.78, 5) is 16.7. The minimum absolute atomic E-state index is 0.0787. The number of carbonyl (C=O) groups is 1. The lowest BCUT2D eigenvalue weighted by Crippen LogP contribution is -2.34. The highest BCUT2D eigenvalue weighted by molar-refractivity contribution is 6.40. The molecule has 0 aliphatic carbocycles. The molecule has 1 aliphatic rings. The van der Waals surface area contributed by atoms with Crippen molar-refractivity contribution in [3.8, 4) is 0 Å². The number of nitrogens with zero attached hydrogens (tertiary/aromatic N) is 4. The number of para-hydroxylation sites is 3. The van der Waals surface area contributed by atoms with Crippen molar-refractivity contribution < 1.29 is 4.79 Å². The van der Waals surface area contributed by atoms with Crippen molar-refractivity contribution in [1.82, 2.24) is 9.55 Å². The number of hydrazone groups is 1. The van der Waals surface area contributed by atoms with Crippen LogP contribution < -0.4 is 5.01 Å². The number of hydrogen-bond donors (Lipinski definition) is 0. The van der Waals surface area contributed by atoms with Gasteiger partial charge in [0.25, 0.3) is 0 Å². The molecule has 0 amide bonds. The second-order valence-corrected chi connectivity index (χ2v) is 5.23. The fourth-order valence-electron chi connectivity index (χ4n) is 2.72. The van der Waals surface area contributed by atoms with Crippen LogP contribution in [0.5, 0.6) is 0 Å². The Labute approximate surface area is 127 Å². The average Bonchev–Trinajstić information content (AvgIpc) is 2.93. The van der Waals surface area contributed by atoms with Gasteiger partial charge in [0.1, 0.15) is 12.4 Å². The molecule has 0 saturated heterocycles. The van der Waals surface area contributed by atoms with Gasteiger partial charge in [-0.05, 0) is 24.3 Å². The molecule has 0 radical (unpaired) electrons. The van der Waals surface area contributed by atoms with Gasteiger partial charge in [-0.25, -0.2) is 4.98 Å². The second-order valence-electron chi connectivity index (χ2n) is 5.23. The molecule has 5 nitrogen and oxygen atoms in total. The predicted molar refractivity (Wildman–Crippen MR) is 85.9 cm³/mol. The lowest BCUT2D eigenvalue weighted by Gasteiger charge is -2.25. The van der Waals surface area contributed by atoms with E-state index in [1.165, 1.54) is 6.92 Å². The van der Waals surface area contributed by atoms with E-state index >= 15 is 0 Å². The van der Waals surface area contributed by atoms with Crippen LogP contribution in [0.25, 0.3) is 11.0 Å². The van der Waals surface area contributed by atoms with Gasteiger partial charge in [0.15, 0.2) is 5.78 Å². The van der Waals surface area contributed by atoms with Gasteiger partial charge in [-0.2, -0.15) is 0 Å². The monoisotopic (exact) mass is 290 g/mol. The molecular formula is C17H14N4O. The molecule has 108 valence electrons. The SMILES string of the molecule is CC(=O)C1=NN(c2ccccc2)Cc2nc3ccccc3n21. The van der Waals surface area contributed by atoms with Gasteiger partial charge in [-0.15, -0.1) is 5.10 Å². The first-order valence-electron chi connectivity index (χ1n) is 7.13. The van der Waals surface area contributed by atoms with Crippen LogP contribution in [-0.2, 0) is 11.3 Å². The van der Waals surface area contributed by atoms with Gasteiger partial charge in [0, 0.05) is 6.92 Å². The van der Waals surface area contributed by atoms with E-state index in [2.05, 4.69) is 10.1 Å². The average molecular weight is 290 g/mol. The normalized spacial score (nSPS) is 13.9. The summed E-state index contributed by atoms with van der Waals surface area (Å²) in [5.74, 6) is 1.15. The number of benzene rings is 2. The molecule has 0 bridgehead atoms. The third-order valence-electron chi connectivity index (χ3n) is 3.72. The highest BCUT2D eigenvalue weighted by Crippen LogP contribution is 2.25. The molecule has 5 heteroatoms. The Hall–Kier alpha value is -2.95. The van der Waals surface area contributed by atoms with Crippen LogP contribution in [0.2, 0.25) is 0 Å². The zero-order chi connectivity index (χ0) is 15.1. The maximum atomic E-state index is 12.1. The maximum absolute atomic E-state index is 12.1. The largest absolute Gasteiger partial charge is 0.291 e. The van der Waals surface area contributed by atoms with Crippen LogP contribution in [0.3, 0.4) is 0 Å².